The Morgan fingerprint density at radius 3 is 2.34 bits per heavy atom. The van der Waals surface area contributed by atoms with Crippen molar-refractivity contribution >= 4 is 45.7 Å². The molecule has 0 saturated heterocycles. The largest absolute Gasteiger partial charge is 0.322 e. The van der Waals surface area contributed by atoms with E-state index >= 15 is 0 Å². The van der Waals surface area contributed by atoms with Gasteiger partial charge in [-0.15, -0.1) is 0 Å². The highest BCUT2D eigenvalue weighted by Crippen LogP contribution is 2.24. The highest BCUT2D eigenvalue weighted by Gasteiger charge is 2.14. The molecule has 0 radical (unpaired) electrons. The number of fused-ring (bicyclic) bond motifs is 1. The fourth-order valence-electron chi connectivity index (χ4n) is 4.38. The fourth-order valence-corrected chi connectivity index (χ4v) is 4.70. The van der Waals surface area contributed by atoms with Crippen molar-refractivity contribution in [1.82, 2.24) is 9.55 Å². The molecular formula is C31H25Cl2N3O2. The van der Waals surface area contributed by atoms with Crippen molar-refractivity contribution in [2.24, 2.45) is 0 Å². The fraction of sp³-hybridized carbons (Fsp3) is 0.129. The summed E-state index contributed by atoms with van der Waals surface area (Å²) >= 11 is 12.1. The molecule has 1 N–H and O–H groups in total. The van der Waals surface area contributed by atoms with Crippen LogP contribution in [-0.4, -0.2) is 15.5 Å². The summed E-state index contributed by atoms with van der Waals surface area (Å²) in [7, 11) is 0. The third-order valence-electron chi connectivity index (χ3n) is 6.32. The van der Waals surface area contributed by atoms with Crippen LogP contribution in [0.25, 0.3) is 22.0 Å². The number of hydrogen-bond donors (Lipinski definition) is 1. The van der Waals surface area contributed by atoms with Crippen molar-refractivity contribution in [2.75, 3.05) is 5.32 Å². The Labute approximate surface area is 230 Å². The number of hydrogen-bond acceptors (Lipinski definition) is 3. The van der Waals surface area contributed by atoms with Crippen LogP contribution in [0.15, 0.2) is 95.8 Å². The van der Waals surface area contributed by atoms with Gasteiger partial charge < -0.3 is 5.32 Å². The summed E-state index contributed by atoms with van der Waals surface area (Å²) in [6.45, 7) is 2.46. The molecule has 190 valence electrons. The molecule has 5 rings (SSSR count). The Morgan fingerprint density at radius 1 is 0.868 bits per heavy atom. The van der Waals surface area contributed by atoms with Gasteiger partial charge in [0, 0.05) is 27.7 Å². The van der Waals surface area contributed by atoms with Crippen molar-refractivity contribution in [3.63, 3.8) is 0 Å². The van der Waals surface area contributed by atoms with Gasteiger partial charge >= 0.3 is 0 Å². The first-order valence-electron chi connectivity index (χ1n) is 12.4. The molecule has 1 aromatic heterocycles. The zero-order valence-corrected chi connectivity index (χ0v) is 22.3. The van der Waals surface area contributed by atoms with E-state index in [4.69, 9.17) is 28.2 Å². The van der Waals surface area contributed by atoms with Crippen LogP contribution in [0.2, 0.25) is 10.0 Å². The normalized spacial score (nSPS) is 11.0. The monoisotopic (exact) mass is 541 g/mol. The molecule has 0 unspecified atom stereocenters. The zero-order chi connectivity index (χ0) is 26.6. The van der Waals surface area contributed by atoms with Gasteiger partial charge in [-0.1, -0.05) is 66.5 Å². The van der Waals surface area contributed by atoms with Gasteiger partial charge in [-0.2, -0.15) is 0 Å². The number of halogens is 2. The minimum absolute atomic E-state index is 0.139. The minimum Gasteiger partial charge on any atom is -0.322 e. The van der Waals surface area contributed by atoms with Crippen molar-refractivity contribution in [2.45, 2.75) is 26.3 Å². The van der Waals surface area contributed by atoms with E-state index in [0.717, 1.165) is 28.9 Å². The van der Waals surface area contributed by atoms with Crippen molar-refractivity contribution in [3.8, 4) is 11.1 Å². The number of carbonyl (C=O) groups is 1. The molecule has 1 heterocycles. The summed E-state index contributed by atoms with van der Waals surface area (Å²) in [4.78, 5) is 31.2. The highest BCUT2D eigenvalue weighted by molar-refractivity contribution is 6.31. The third kappa shape index (κ3) is 5.64. The molecule has 1 amide bonds. The molecule has 0 fully saturated rings. The van der Waals surface area contributed by atoms with Gasteiger partial charge in [0.15, 0.2) is 0 Å². The molecule has 0 saturated carbocycles. The molecule has 5 aromatic rings. The van der Waals surface area contributed by atoms with Gasteiger partial charge in [-0.3, -0.25) is 14.2 Å². The maximum Gasteiger partial charge on any atom is 0.261 e. The first-order valence-corrected chi connectivity index (χ1v) is 13.1. The lowest BCUT2D eigenvalue weighted by molar-refractivity contribution is 0.102. The standard InChI is InChI=1S/C31H25Cl2N3O2/c1-2-4-29-35-28-16-15-26(34-30(37)22-11-13-24(32)14-12-22)18-27(28)31(38)36(29)19-20-7-9-21(10-8-20)23-5-3-6-25(33)17-23/h3,5-18H,2,4,19H2,1H3,(H,34,37). The van der Waals surface area contributed by atoms with Crippen LogP contribution >= 0.6 is 23.2 Å². The van der Waals surface area contributed by atoms with E-state index in [9.17, 15) is 9.59 Å². The molecule has 0 aliphatic rings. The van der Waals surface area contributed by atoms with Crippen molar-refractivity contribution in [3.05, 3.63) is 128 Å². The quantitative estimate of drug-likeness (QED) is 0.230. The van der Waals surface area contributed by atoms with Crippen LogP contribution in [0.1, 0.15) is 35.1 Å². The SMILES string of the molecule is CCCc1nc2ccc(NC(=O)c3ccc(Cl)cc3)cc2c(=O)n1Cc1ccc(-c2cccc(Cl)c2)cc1. The second kappa shape index (κ2) is 11.2. The van der Waals surface area contributed by atoms with Gasteiger partial charge in [0.25, 0.3) is 11.5 Å². The molecule has 0 aliphatic carbocycles. The number of carbonyl (C=O) groups excluding carboxylic acids is 1. The maximum atomic E-state index is 13.7. The lowest BCUT2D eigenvalue weighted by atomic mass is 10.0. The first kappa shape index (κ1) is 25.7. The Balaban J connectivity index is 1.46. The van der Waals surface area contributed by atoms with Crippen LogP contribution < -0.4 is 10.9 Å². The molecule has 4 aromatic carbocycles. The number of aryl methyl sites for hydroxylation is 1. The molecule has 0 spiro atoms. The minimum atomic E-state index is -0.281. The number of benzene rings is 4. The van der Waals surface area contributed by atoms with Gasteiger partial charge in [0.2, 0.25) is 0 Å². The molecular weight excluding hydrogens is 517 g/mol. The van der Waals surface area contributed by atoms with Gasteiger partial charge in [-0.25, -0.2) is 4.98 Å². The van der Waals surface area contributed by atoms with Crippen molar-refractivity contribution in [1.29, 1.82) is 0 Å². The highest BCUT2D eigenvalue weighted by atomic mass is 35.5. The number of nitrogens with zero attached hydrogens (tertiary/aromatic N) is 2. The second-order valence-corrected chi connectivity index (χ2v) is 9.94. The summed E-state index contributed by atoms with van der Waals surface area (Å²) in [5, 5.41) is 4.56. The van der Waals surface area contributed by atoms with Gasteiger partial charge in [0.05, 0.1) is 17.4 Å². The number of nitrogens with one attached hydrogen (secondary N) is 1. The number of aromatic nitrogens is 2. The van der Waals surface area contributed by atoms with Crippen LogP contribution in [-0.2, 0) is 13.0 Å². The van der Waals surface area contributed by atoms with Crippen LogP contribution in [0.5, 0.6) is 0 Å². The smallest absolute Gasteiger partial charge is 0.261 e. The summed E-state index contributed by atoms with van der Waals surface area (Å²) in [6, 6.07) is 27.7. The van der Waals surface area contributed by atoms with E-state index in [1.807, 2.05) is 48.5 Å². The first-order chi connectivity index (χ1) is 18.4. The Hall–Kier alpha value is -3.93. The van der Waals surface area contributed by atoms with Crippen LogP contribution in [0, 0.1) is 0 Å². The molecule has 38 heavy (non-hydrogen) atoms. The maximum absolute atomic E-state index is 13.7. The van der Waals surface area contributed by atoms with E-state index < -0.39 is 0 Å². The topological polar surface area (TPSA) is 64.0 Å². The van der Waals surface area contributed by atoms with Crippen LogP contribution in [0.4, 0.5) is 5.69 Å². The molecule has 0 bridgehead atoms. The molecule has 0 atom stereocenters. The predicted molar refractivity (Wildman–Crippen MR) is 155 cm³/mol. The van der Waals surface area contributed by atoms with E-state index in [2.05, 4.69) is 12.2 Å². The number of amides is 1. The Kier molecular flexibility index (Phi) is 7.59. The Morgan fingerprint density at radius 2 is 1.63 bits per heavy atom. The summed E-state index contributed by atoms with van der Waals surface area (Å²) in [6.07, 6.45) is 1.54. The van der Waals surface area contributed by atoms with Crippen LogP contribution in [0.3, 0.4) is 0 Å². The summed E-state index contributed by atoms with van der Waals surface area (Å²) in [5.41, 5.74) is 4.55. The molecule has 7 heteroatoms. The van der Waals surface area contributed by atoms with E-state index in [1.165, 1.54) is 0 Å². The average Bonchev–Trinajstić information content (AvgIpc) is 2.92. The van der Waals surface area contributed by atoms with E-state index in [1.54, 1.807) is 47.0 Å². The van der Waals surface area contributed by atoms with Gasteiger partial charge in [-0.05, 0) is 77.7 Å². The zero-order valence-electron chi connectivity index (χ0n) is 20.7. The molecule has 0 aliphatic heterocycles. The van der Waals surface area contributed by atoms with Crippen molar-refractivity contribution < 1.29 is 4.79 Å². The lowest BCUT2D eigenvalue weighted by Crippen LogP contribution is -2.26. The average molecular weight is 542 g/mol. The summed E-state index contributed by atoms with van der Waals surface area (Å²) in [5.74, 6) is 0.457. The predicted octanol–water partition coefficient (Wildman–Crippen LogP) is 7.62. The second-order valence-electron chi connectivity index (χ2n) is 9.07. The lowest BCUT2D eigenvalue weighted by Gasteiger charge is -2.14. The number of anilines is 1. The Bertz CT molecular complexity index is 1680. The van der Waals surface area contributed by atoms with E-state index in [0.29, 0.717) is 45.2 Å². The van der Waals surface area contributed by atoms with E-state index in [-0.39, 0.29) is 11.5 Å². The summed E-state index contributed by atoms with van der Waals surface area (Å²) < 4.78 is 1.73. The molecule has 5 nitrogen and oxygen atoms in total. The number of rotatable bonds is 7. The third-order valence-corrected chi connectivity index (χ3v) is 6.81. The van der Waals surface area contributed by atoms with Gasteiger partial charge in [0.1, 0.15) is 5.82 Å².